The average molecular weight is 203 g/mol. The van der Waals surface area contributed by atoms with E-state index in [0.29, 0.717) is 0 Å². The van der Waals surface area contributed by atoms with Crippen LogP contribution in [0.3, 0.4) is 0 Å². The van der Waals surface area contributed by atoms with Gasteiger partial charge in [0.1, 0.15) is 0 Å². The van der Waals surface area contributed by atoms with Crippen LogP contribution in [0.5, 0.6) is 0 Å². The second-order valence-electron chi connectivity index (χ2n) is 3.87. The largest absolute Gasteiger partial charge is 0.480 e. The fraction of sp³-hybridized carbons (Fsp3) is 0.333. The SMILES string of the molecule is CC1=N[C@@H](C(=O)O)[C@@H](c2ccccc2)C1. The van der Waals surface area contributed by atoms with Crippen LogP contribution in [0, 0.1) is 0 Å². The maximum absolute atomic E-state index is 11.0. The van der Waals surface area contributed by atoms with Gasteiger partial charge in [0.2, 0.25) is 0 Å². The van der Waals surface area contributed by atoms with Gasteiger partial charge in [-0.2, -0.15) is 0 Å². The second kappa shape index (κ2) is 3.85. The Labute approximate surface area is 88.5 Å². The van der Waals surface area contributed by atoms with Crippen molar-refractivity contribution in [2.24, 2.45) is 4.99 Å². The highest BCUT2D eigenvalue weighted by Gasteiger charge is 2.33. The van der Waals surface area contributed by atoms with Crippen LogP contribution >= 0.6 is 0 Å². The summed E-state index contributed by atoms with van der Waals surface area (Å²) in [5.74, 6) is -0.829. The van der Waals surface area contributed by atoms with E-state index in [1.165, 1.54) is 0 Å². The van der Waals surface area contributed by atoms with E-state index in [1.54, 1.807) is 0 Å². The van der Waals surface area contributed by atoms with E-state index >= 15 is 0 Å². The van der Waals surface area contributed by atoms with Gasteiger partial charge < -0.3 is 5.11 Å². The van der Waals surface area contributed by atoms with Gasteiger partial charge in [-0.15, -0.1) is 0 Å². The number of rotatable bonds is 2. The highest BCUT2D eigenvalue weighted by atomic mass is 16.4. The van der Waals surface area contributed by atoms with Crippen molar-refractivity contribution in [1.29, 1.82) is 0 Å². The normalized spacial score (nSPS) is 25.0. The lowest BCUT2D eigenvalue weighted by Crippen LogP contribution is -2.22. The van der Waals surface area contributed by atoms with Gasteiger partial charge in [0.05, 0.1) is 0 Å². The van der Waals surface area contributed by atoms with Crippen molar-refractivity contribution in [3.8, 4) is 0 Å². The van der Waals surface area contributed by atoms with Crippen molar-refractivity contribution in [1.82, 2.24) is 0 Å². The van der Waals surface area contributed by atoms with Crippen molar-refractivity contribution >= 4 is 11.7 Å². The number of carbonyl (C=O) groups is 1. The lowest BCUT2D eigenvalue weighted by atomic mass is 9.90. The van der Waals surface area contributed by atoms with Crippen LogP contribution in [0.25, 0.3) is 0 Å². The van der Waals surface area contributed by atoms with Crippen molar-refractivity contribution in [2.75, 3.05) is 0 Å². The van der Waals surface area contributed by atoms with Gasteiger partial charge in [-0.1, -0.05) is 30.3 Å². The Bertz CT molecular complexity index is 397. The number of hydrogen-bond donors (Lipinski definition) is 1. The molecular weight excluding hydrogens is 190 g/mol. The van der Waals surface area contributed by atoms with Crippen molar-refractivity contribution < 1.29 is 9.90 Å². The summed E-state index contributed by atoms with van der Waals surface area (Å²) >= 11 is 0. The fourth-order valence-electron chi connectivity index (χ4n) is 2.04. The minimum absolute atomic E-state index is 0.00343. The summed E-state index contributed by atoms with van der Waals surface area (Å²) in [6.07, 6.45) is 0.751. The van der Waals surface area contributed by atoms with Gasteiger partial charge in [0.15, 0.2) is 6.04 Å². The highest BCUT2D eigenvalue weighted by molar-refractivity contribution is 5.90. The number of carboxylic acid groups (broad SMARTS) is 1. The third-order valence-electron chi connectivity index (χ3n) is 2.74. The first-order chi connectivity index (χ1) is 7.18. The third-order valence-corrected chi connectivity index (χ3v) is 2.74. The van der Waals surface area contributed by atoms with Crippen LogP contribution in [-0.2, 0) is 4.79 Å². The Balaban J connectivity index is 2.28. The molecule has 0 spiro atoms. The number of aliphatic imine (C=N–C) groups is 1. The van der Waals surface area contributed by atoms with E-state index in [1.807, 2.05) is 37.3 Å². The Hall–Kier alpha value is -1.64. The quantitative estimate of drug-likeness (QED) is 0.800. The van der Waals surface area contributed by atoms with E-state index in [-0.39, 0.29) is 5.92 Å². The Morgan fingerprint density at radius 2 is 2.07 bits per heavy atom. The molecule has 1 aromatic rings. The molecule has 0 unspecified atom stereocenters. The minimum Gasteiger partial charge on any atom is -0.480 e. The number of carboxylic acids is 1. The molecule has 2 rings (SSSR count). The molecule has 2 atom stereocenters. The predicted octanol–water partition coefficient (Wildman–Crippen LogP) is 2.09. The minimum atomic E-state index is -0.833. The molecule has 78 valence electrons. The Morgan fingerprint density at radius 3 is 2.67 bits per heavy atom. The van der Waals surface area contributed by atoms with E-state index in [0.717, 1.165) is 17.7 Å². The zero-order chi connectivity index (χ0) is 10.8. The fourth-order valence-corrected chi connectivity index (χ4v) is 2.04. The van der Waals surface area contributed by atoms with Gasteiger partial charge in [-0.3, -0.25) is 4.99 Å². The maximum Gasteiger partial charge on any atom is 0.329 e. The molecule has 1 N–H and O–H groups in total. The molecule has 1 aliphatic rings. The van der Waals surface area contributed by atoms with Gasteiger partial charge in [-0.25, -0.2) is 4.79 Å². The van der Waals surface area contributed by atoms with Gasteiger partial charge in [0.25, 0.3) is 0 Å². The van der Waals surface area contributed by atoms with Crippen molar-refractivity contribution in [2.45, 2.75) is 25.3 Å². The number of nitrogens with zero attached hydrogens (tertiary/aromatic N) is 1. The molecule has 0 saturated carbocycles. The molecule has 0 saturated heterocycles. The first-order valence-corrected chi connectivity index (χ1v) is 4.99. The maximum atomic E-state index is 11.0. The summed E-state index contributed by atoms with van der Waals surface area (Å²) in [5, 5.41) is 9.06. The topological polar surface area (TPSA) is 49.7 Å². The number of benzene rings is 1. The summed E-state index contributed by atoms with van der Waals surface area (Å²) in [6.45, 7) is 1.89. The van der Waals surface area contributed by atoms with Gasteiger partial charge in [-0.05, 0) is 18.9 Å². The molecule has 3 heteroatoms. The molecular formula is C12H13NO2. The predicted molar refractivity (Wildman–Crippen MR) is 58.3 cm³/mol. The molecule has 0 bridgehead atoms. The second-order valence-corrected chi connectivity index (χ2v) is 3.87. The molecule has 0 aliphatic carbocycles. The van der Waals surface area contributed by atoms with Crippen LogP contribution in [0.4, 0.5) is 0 Å². The lowest BCUT2D eigenvalue weighted by Gasteiger charge is -2.14. The zero-order valence-corrected chi connectivity index (χ0v) is 8.55. The molecule has 1 heterocycles. The molecule has 3 nitrogen and oxygen atoms in total. The molecule has 0 amide bonds. The van der Waals surface area contributed by atoms with Crippen LogP contribution in [0.2, 0.25) is 0 Å². The van der Waals surface area contributed by atoms with E-state index in [4.69, 9.17) is 5.11 Å². The van der Waals surface area contributed by atoms with Gasteiger partial charge >= 0.3 is 5.97 Å². The van der Waals surface area contributed by atoms with Crippen LogP contribution < -0.4 is 0 Å². The molecule has 1 aliphatic heterocycles. The molecule has 0 radical (unpaired) electrons. The lowest BCUT2D eigenvalue weighted by molar-refractivity contribution is -0.138. The molecule has 0 fully saturated rings. The van der Waals surface area contributed by atoms with Crippen molar-refractivity contribution in [3.05, 3.63) is 35.9 Å². The summed E-state index contributed by atoms with van der Waals surface area (Å²) in [4.78, 5) is 15.2. The van der Waals surface area contributed by atoms with E-state index in [9.17, 15) is 4.79 Å². The van der Waals surface area contributed by atoms with Crippen LogP contribution in [0.15, 0.2) is 35.3 Å². The van der Waals surface area contributed by atoms with E-state index < -0.39 is 12.0 Å². The van der Waals surface area contributed by atoms with Gasteiger partial charge in [0, 0.05) is 11.6 Å². The third kappa shape index (κ3) is 1.91. The zero-order valence-electron chi connectivity index (χ0n) is 8.55. The molecule has 0 aromatic heterocycles. The smallest absolute Gasteiger partial charge is 0.329 e. The van der Waals surface area contributed by atoms with Crippen molar-refractivity contribution in [3.63, 3.8) is 0 Å². The first-order valence-electron chi connectivity index (χ1n) is 4.99. The Kier molecular flexibility index (Phi) is 2.54. The van der Waals surface area contributed by atoms with Crippen LogP contribution in [0.1, 0.15) is 24.8 Å². The van der Waals surface area contributed by atoms with E-state index in [2.05, 4.69) is 4.99 Å². The monoisotopic (exact) mass is 203 g/mol. The Morgan fingerprint density at radius 1 is 1.40 bits per heavy atom. The first kappa shape index (κ1) is 9.90. The van der Waals surface area contributed by atoms with Crippen LogP contribution in [-0.4, -0.2) is 22.8 Å². The summed E-state index contributed by atoms with van der Waals surface area (Å²) in [7, 11) is 0. The summed E-state index contributed by atoms with van der Waals surface area (Å²) in [6, 6.07) is 9.13. The number of hydrogen-bond acceptors (Lipinski definition) is 2. The average Bonchev–Trinajstić information content (AvgIpc) is 2.62. The standard InChI is InChI=1S/C12H13NO2/c1-8-7-10(11(13-8)12(14)15)9-5-3-2-4-6-9/h2-6,10-11H,7H2,1H3,(H,14,15)/t10-,11-/m1/s1. The molecule has 15 heavy (non-hydrogen) atoms. The molecule has 1 aromatic carbocycles. The summed E-state index contributed by atoms with van der Waals surface area (Å²) in [5.41, 5.74) is 1.99. The highest BCUT2D eigenvalue weighted by Crippen LogP contribution is 2.31. The number of aliphatic carboxylic acids is 1. The summed E-state index contributed by atoms with van der Waals surface area (Å²) < 4.78 is 0.